The van der Waals surface area contributed by atoms with Crippen LogP contribution in [0.3, 0.4) is 0 Å². The summed E-state index contributed by atoms with van der Waals surface area (Å²) in [5.74, 6) is 0.424. The third-order valence-corrected chi connectivity index (χ3v) is 6.35. The van der Waals surface area contributed by atoms with Crippen LogP contribution >= 0.6 is 34.4 Å². The number of hydrogen-bond acceptors (Lipinski definition) is 7. The van der Waals surface area contributed by atoms with Gasteiger partial charge in [0.25, 0.3) is 0 Å². The van der Waals surface area contributed by atoms with E-state index < -0.39 is 0 Å². The molecule has 1 atom stereocenters. The number of carbonyl (C=O) groups is 1. The molecule has 1 aromatic carbocycles. The molecule has 0 saturated carbocycles. The Kier molecular flexibility index (Phi) is 4.70. The minimum atomic E-state index is -0.0417. The van der Waals surface area contributed by atoms with Crippen molar-refractivity contribution in [2.75, 3.05) is 12.8 Å². The summed E-state index contributed by atoms with van der Waals surface area (Å²) in [4.78, 5) is 18.7. The van der Waals surface area contributed by atoms with Crippen LogP contribution in [0, 0.1) is 0 Å². The third-order valence-electron chi connectivity index (χ3n) is 3.30. The summed E-state index contributed by atoms with van der Waals surface area (Å²) >= 11 is 4.50. The number of benzene rings is 1. The third kappa shape index (κ3) is 3.29. The van der Waals surface area contributed by atoms with Gasteiger partial charge in [-0.3, -0.25) is 4.79 Å². The Morgan fingerprint density at radius 3 is 2.95 bits per heavy atom. The summed E-state index contributed by atoms with van der Waals surface area (Å²) in [6, 6.07) is 7.98. The van der Waals surface area contributed by atoms with Crippen molar-refractivity contribution >= 4 is 50.6 Å². The number of carbonyl (C=O) groups excluding carboxylic acids is 1. The minimum Gasteiger partial charge on any atom is -0.336 e. The molecule has 22 heavy (non-hydrogen) atoms. The summed E-state index contributed by atoms with van der Waals surface area (Å²) in [6.45, 7) is 2.01. The van der Waals surface area contributed by atoms with Crippen LogP contribution in [0.15, 0.2) is 34.1 Å². The lowest BCUT2D eigenvalue weighted by Crippen LogP contribution is -2.31. The van der Waals surface area contributed by atoms with E-state index in [2.05, 4.69) is 21.2 Å². The summed E-state index contributed by atoms with van der Waals surface area (Å²) < 4.78 is 1.96. The summed E-state index contributed by atoms with van der Waals surface area (Å²) in [7, 11) is 1.82. The fourth-order valence-electron chi connectivity index (χ4n) is 1.90. The molecule has 0 aliphatic carbocycles. The van der Waals surface area contributed by atoms with Crippen LogP contribution in [-0.2, 0) is 4.79 Å². The average molecular weight is 350 g/mol. The highest BCUT2D eigenvalue weighted by molar-refractivity contribution is 8.01. The topological polar surface area (TPSA) is 59.0 Å². The Hall–Kier alpha value is -1.51. The zero-order valence-corrected chi connectivity index (χ0v) is 14.5. The van der Waals surface area contributed by atoms with E-state index >= 15 is 0 Å². The first-order valence-corrected chi connectivity index (χ1v) is 9.33. The Morgan fingerprint density at radius 2 is 2.23 bits per heavy atom. The summed E-state index contributed by atoms with van der Waals surface area (Å²) in [5, 5.41) is 8.65. The molecule has 114 valence electrons. The van der Waals surface area contributed by atoms with Gasteiger partial charge in [-0.1, -0.05) is 35.2 Å². The number of thioether (sulfide) groups is 1. The smallest absolute Gasteiger partial charge is 0.233 e. The normalized spacial score (nSPS) is 12.5. The van der Waals surface area contributed by atoms with Gasteiger partial charge in [0.2, 0.25) is 5.91 Å². The fourth-order valence-corrected chi connectivity index (χ4v) is 4.38. The molecule has 0 aliphatic heterocycles. The van der Waals surface area contributed by atoms with E-state index in [1.165, 1.54) is 23.1 Å². The van der Waals surface area contributed by atoms with Crippen LogP contribution in [0.1, 0.15) is 18.0 Å². The van der Waals surface area contributed by atoms with E-state index in [0.29, 0.717) is 5.75 Å². The van der Waals surface area contributed by atoms with Gasteiger partial charge in [0, 0.05) is 7.05 Å². The van der Waals surface area contributed by atoms with Crippen molar-refractivity contribution in [3.8, 4) is 0 Å². The lowest BCUT2D eigenvalue weighted by molar-refractivity contribution is -0.128. The molecule has 0 bridgehead atoms. The molecule has 0 radical (unpaired) electrons. The maximum absolute atomic E-state index is 12.3. The Balaban J connectivity index is 1.67. The lowest BCUT2D eigenvalue weighted by Gasteiger charge is -2.22. The second-order valence-corrected chi connectivity index (χ2v) is 7.81. The maximum atomic E-state index is 12.3. The van der Waals surface area contributed by atoms with E-state index in [1.54, 1.807) is 21.7 Å². The Labute approximate surface area is 140 Å². The maximum Gasteiger partial charge on any atom is 0.233 e. The van der Waals surface area contributed by atoms with Gasteiger partial charge >= 0.3 is 0 Å². The fraction of sp³-hybridized carbons (Fsp3) is 0.286. The van der Waals surface area contributed by atoms with Gasteiger partial charge < -0.3 is 4.90 Å². The van der Waals surface area contributed by atoms with Crippen LogP contribution < -0.4 is 0 Å². The number of rotatable bonds is 5. The molecule has 0 N–H and O–H groups in total. The zero-order valence-electron chi connectivity index (χ0n) is 12.1. The SMILES string of the molecule is C[C@@H](c1nc2ccccc2s1)N(C)C(=O)CSc1nncs1. The first kappa shape index (κ1) is 15.4. The first-order chi connectivity index (χ1) is 10.6. The highest BCUT2D eigenvalue weighted by atomic mass is 32.2. The summed E-state index contributed by atoms with van der Waals surface area (Å²) in [6.07, 6.45) is 0. The predicted octanol–water partition coefficient (Wildman–Crippen LogP) is 3.46. The number of amides is 1. The number of thiazole rings is 1. The number of para-hydroxylation sites is 1. The van der Waals surface area contributed by atoms with Crippen molar-refractivity contribution in [2.45, 2.75) is 17.3 Å². The van der Waals surface area contributed by atoms with Gasteiger partial charge in [0.15, 0.2) is 4.34 Å². The highest BCUT2D eigenvalue weighted by Gasteiger charge is 2.21. The first-order valence-electron chi connectivity index (χ1n) is 6.65. The van der Waals surface area contributed by atoms with Gasteiger partial charge in [0.1, 0.15) is 10.5 Å². The van der Waals surface area contributed by atoms with E-state index in [-0.39, 0.29) is 11.9 Å². The molecule has 3 aromatic rings. The summed E-state index contributed by atoms with van der Waals surface area (Å²) in [5.41, 5.74) is 2.65. The largest absolute Gasteiger partial charge is 0.336 e. The van der Waals surface area contributed by atoms with Crippen molar-refractivity contribution in [2.24, 2.45) is 0 Å². The van der Waals surface area contributed by atoms with Crippen LogP contribution in [0.5, 0.6) is 0 Å². The van der Waals surface area contributed by atoms with E-state index in [9.17, 15) is 4.79 Å². The molecule has 1 amide bonds. The molecule has 0 fully saturated rings. The van der Waals surface area contributed by atoms with E-state index in [1.807, 2.05) is 32.2 Å². The Bertz CT molecular complexity index is 738. The van der Waals surface area contributed by atoms with Gasteiger partial charge in [-0.05, 0) is 19.1 Å². The number of nitrogens with zero attached hydrogens (tertiary/aromatic N) is 4. The Morgan fingerprint density at radius 1 is 1.41 bits per heavy atom. The number of hydrogen-bond donors (Lipinski definition) is 0. The van der Waals surface area contributed by atoms with Crippen LogP contribution in [-0.4, -0.2) is 38.8 Å². The quantitative estimate of drug-likeness (QED) is 0.660. The van der Waals surface area contributed by atoms with Crippen molar-refractivity contribution in [3.63, 3.8) is 0 Å². The molecular weight excluding hydrogens is 336 g/mol. The predicted molar refractivity (Wildman–Crippen MR) is 91.4 cm³/mol. The van der Waals surface area contributed by atoms with E-state index in [0.717, 1.165) is 19.6 Å². The molecule has 0 saturated heterocycles. The molecule has 0 unspecified atom stereocenters. The van der Waals surface area contributed by atoms with Crippen molar-refractivity contribution in [1.82, 2.24) is 20.1 Å². The molecular formula is C14H14N4OS3. The molecule has 0 aliphatic rings. The molecule has 2 heterocycles. The molecule has 5 nitrogen and oxygen atoms in total. The molecule has 3 rings (SSSR count). The molecule has 8 heteroatoms. The van der Waals surface area contributed by atoms with E-state index in [4.69, 9.17) is 0 Å². The van der Waals surface area contributed by atoms with Crippen LogP contribution in [0.4, 0.5) is 0 Å². The van der Waals surface area contributed by atoms with Crippen LogP contribution in [0.25, 0.3) is 10.2 Å². The van der Waals surface area contributed by atoms with Crippen molar-refractivity contribution in [3.05, 3.63) is 34.8 Å². The van der Waals surface area contributed by atoms with Crippen LogP contribution in [0.2, 0.25) is 0 Å². The van der Waals surface area contributed by atoms with Gasteiger partial charge in [-0.2, -0.15) is 0 Å². The minimum absolute atomic E-state index is 0.0417. The van der Waals surface area contributed by atoms with Gasteiger partial charge in [-0.15, -0.1) is 21.5 Å². The number of fused-ring (bicyclic) bond motifs is 1. The number of aromatic nitrogens is 3. The standard InChI is InChI=1S/C14H14N4OS3/c1-9(13-16-10-5-3-4-6-11(10)22-13)18(2)12(19)7-20-14-17-15-8-21-14/h3-6,8-9H,7H2,1-2H3/t9-/m0/s1. The molecule has 0 spiro atoms. The van der Waals surface area contributed by atoms with Crippen molar-refractivity contribution in [1.29, 1.82) is 0 Å². The van der Waals surface area contributed by atoms with Gasteiger partial charge in [0.05, 0.1) is 22.0 Å². The lowest BCUT2D eigenvalue weighted by atomic mass is 10.3. The second kappa shape index (κ2) is 6.72. The second-order valence-electron chi connectivity index (χ2n) is 4.69. The average Bonchev–Trinajstić information content (AvgIpc) is 3.19. The van der Waals surface area contributed by atoms with Gasteiger partial charge in [-0.25, -0.2) is 4.98 Å². The monoisotopic (exact) mass is 350 g/mol. The van der Waals surface area contributed by atoms with Crippen molar-refractivity contribution < 1.29 is 4.79 Å². The highest BCUT2D eigenvalue weighted by Crippen LogP contribution is 2.29. The zero-order chi connectivity index (χ0) is 15.5. The molecule has 2 aromatic heterocycles.